The van der Waals surface area contributed by atoms with Crippen molar-refractivity contribution < 1.29 is 9.47 Å². The number of anilines is 6. The van der Waals surface area contributed by atoms with Crippen molar-refractivity contribution >= 4 is 80.3 Å². The largest absolute Gasteiger partial charge is 0.440 e. The van der Waals surface area contributed by atoms with Crippen molar-refractivity contribution in [1.29, 1.82) is 0 Å². The van der Waals surface area contributed by atoms with Gasteiger partial charge < -0.3 is 19.3 Å². The number of pyridine rings is 2. The number of rotatable bonds is 4. The quantitative estimate of drug-likeness (QED) is 0.164. The van der Waals surface area contributed by atoms with Gasteiger partial charge in [0, 0.05) is 62.2 Å². The molecule has 6 nitrogen and oxygen atoms in total. The van der Waals surface area contributed by atoms with Gasteiger partial charge in [-0.3, -0.25) is 0 Å². The maximum absolute atomic E-state index is 7.38. The Morgan fingerprint density at radius 1 is 0.382 bits per heavy atom. The van der Waals surface area contributed by atoms with Gasteiger partial charge >= 0.3 is 0 Å². The van der Waals surface area contributed by atoms with Crippen molar-refractivity contribution in [2.75, 3.05) is 9.80 Å². The second-order valence-corrected chi connectivity index (χ2v) is 24.9. The average molecular weight is 987 g/mol. The maximum Gasteiger partial charge on any atom is 0.258 e. The van der Waals surface area contributed by atoms with Crippen LogP contribution in [0, 0.1) is 0 Å². The number of ether oxygens (including phenoxy) is 2. The van der Waals surface area contributed by atoms with E-state index in [1.807, 2.05) is 0 Å². The van der Waals surface area contributed by atoms with E-state index in [2.05, 4.69) is 235 Å². The Morgan fingerprint density at radius 2 is 0.776 bits per heavy atom. The molecule has 9 aromatic rings. The van der Waals surface area contributed by atoms with Crippen molar-refractivity contribution in [2.45, 2.75) is 103 Å². The van der Waals surface area contributed by atoms with E-state index >= 15 is 0 Å². The Kier molecular flexibility index (Phi) is 9.51. The molecule has 2 aromatic heterocycles. The molecular weight excluding hydrogens is 926 g/mol. The molecule has 2 aliphatic carbocycles. The molecule has 0 bridgehead atoms. The fourth-order valence-electron chi connectivity index (χ4n) is 14.5. The first-order valence-corrected chi connectivity index (χ1v) is 27.5. The third-order valence-electron chi connectivity index (χ3n) is 18.5. The molecule has 4 aliphatic heterocycles. The van der Waals surface area contributed by atoms with Gasteiger partial charge in [0.2, 0.25) is 11.8 Å². The lowest BCUT2D eigenvalue weighted by Crippen LogP contribution is -2.63. The van der Waals surface area contributed by atoms with E-state index in [0.29, 0.717) is 11.8 Å². The molecule has 8 heteroatoms. The van der Waals surface area contributed by atoms with Gasteiger partial charge in [-0.25, -0.2) is 9.97 Å². The molecule has 76 heavy (non-hydrogen) atoms. The molecule has 0 saturated heterocycles. The summed E-state index contributed by atoms with van der Waals surface area (Å²) in [5.41, 5.74) is 23.2. The number of aromatic nitrogens is 2. The molecule has 6 aliphatic rings. The van der Waals surface area contributed by atoms with Crippen LogP contribution in [0.25, 0.3) is 22.5 Å². The Morgan fingerprint density at radius 3 is 1.21 bits per heavy atom. The Bertz CT molecular complexity index is 3690. The third-order valence-corrected chi connectivity index (χ3v) is 18.5. The SMILES string of the molecule is CC1(C)CCC(C)(C)c2c(-c3cc4c5c(n3)Oc3cc6c(cc3B5c3ccccc3N4c3ccccc3)B3c4ccccc4N(c4ccccc4)c4cc(-c5cccc7c5C(C)(C)CCC7(C)C)nc(c43)O6)cccc21. The van der Waals surface area contributed by atoms with Crippen molar-refractivity contribution in [2.24, 2.45) is 0 Å². The van der Waals surface area contributed by atoms with Gasteiger partial charge in [0.05, 0.1) is 11.4 Å². The van der Waals surface area contributed by atoms with Crippen molar-refractivity contribution in [3.05, 3.63) is 192 Å². The van der Waals surface area contributed by atoms with Gasteiger partial charge in [-0.05, 0) is 140 Å². The maximum atomic E-state index is 7.38. The minimum atomic E-state index is -0.172. The number of hydrogen-bond donors (Lipinski definition) is 0. The second-order valence-electron chi connectivity index (χ2n) is 24.9. The van der Waals surface area contributed by atoms with E-state index in [1.54, 1.807) is 0 Å². The molecule has 15 rings (SSSR count). The van der Waals surface area contributed by atoms with Gasteiger partial charge in [-0.2, -0.15) is 0 Å². The summed E-state index contributed by atoms with van der Waals surface area (Å²) in [4.78, 5) is 16.2. The van der Waals surface area contributed by atoms with Crippen LogP contribution in [0.5, 0.6) is 23.3 Å². The van der Waals surface area contributed by atoms with Crippen LogP contribution < -0.4 is 52.1 Å². The minimum Gasteiger partial charge on any atom is -0.440 e. The van der Waals surface area contributed by atoms with Crippen LogP contribution in [-0.2, 0) is 21.7 Å². The van der Waals surface area contributed by atoms with Gasteiger partial charge in [0.25, 0.3) is 13.4 Å². The van der Waals surface area contributed by atoms with E-state index in [9.17, 15) is 0 Å². The first kappa shape index (κ1) is 45.6. The zero-order valence-corrected chi connectivity index (χ0v) is 44.8. The predicted octanol–water partition coefficient (Wildman–Crippen LogP) is 13.3. The number of fused-ring (bicyclic) bond motifs is 10. The summed E-state index contributed by atoms with van der Waals surface area (Å²) >= 11 is 0. The fourth-order valence-corrected chi connectivity index (χ4v) is 14.5. The van der Waals surface area contributed by atoms with E-state index in [0.717, 1.165) is 105 Å². The minimum absolute atomic E-state index is 0.0407. The topological polar surface area (TPSA) is 50.7 Å². The highest BCUT2D eigenvalue weighted by atomic mass is 16.5. The summed E-state index contributed by atoms with van der Waals surface area (Å²) in [6.07, 6.45) is 4.47. The highest BCUT2D eigenvalue weighted by molar-refractivity contribution is 7.02. The standard InChI is InChI=1S/C68H60B2N4O2/c1-65(2)33-35-67(5,6)59-43(25-19-27-45(59)65)51-38-55-61-63(71-51)75-57-40-58-50(37-49(57)69(61)47-29-15-17-31-53(47)73(55)41-21-11-9-12-22-41)70-48-30-16-18-32-54(48)74(42-23-13-10-14-24-42)56-39-52(72-64(76-58)62(56)70)44-26-20-28-46-60(44)68(7,8)36-34-66(46,3)4/h9-32,37-40H,33-36H2,1-8H3. The zero-order valence-electron chi connectivity index (χ0n) is 44.8. The van der Waals surface area contributed by atoms with Gasteiger partial charge in [0.15, 0.2) is 0 Å². The smallest absolute Gasteiger partial charge is 0.258 e. The van der Waals surface area contributed by atoms with E-state index in [1.165, 1.54) is 44.3 Å². The molecule has 0 fully saturated rings. The zero-order chi connectivity index (χ0) is 51.6. The molecule has 6 heterocycles. The van der Waals surface area contributed by atoms with Crippen LogP contribution in [0.3, 0.4) is 0 Å². The van der Waals surface area contributed by atoms with Crippen LogP contribution in [0.4, 0.5) is 34.1 Å². The summed E-state index contributed by atoms with van der Waals surface area (Å²) in [5, 5.41) is 0. The summed E-state index contributed by atoms with van der Waals surface area (Å²) in [6.45, 7) is 18.9. The van der Waals surface area contributed by atoms with Crippen LogP contribution in [0.15, 0.2) is 170 Å². The summed E-state index contributed by atoms with van der Waals surface area (Å²) in [7, 11) is 0. The first-order valence-electron chi connectivity index (χ1n) is 27.5. The Balaban J connectivity index is 0.970. The molecule has 7 aromatic carbocycles. The monoisotopic (exact) mass is 986 g/mol. The van der Waals surface area contributed by atoms with E-state index < -0.39 is 0 Å². The lowest BCUT2D eigenvalue weighted by molar-refractivity contribution is 0.332. The van der Waals surface area contributed by atoms with Crippen LogP contribution >= 0.6 is 0 Å². The number of hydrogen-bond acceptors (Lipinski definition) is 6. The number of nitrogens with zero attached hydrogens (tertiary/aromatic N) is 4. The van der Waals surface area contributed by atoms with E-state index in [4.69, 9.17) is 19.4 Å². The van der Waals surface area contributed by atoms with E-state index in [-0.39, 0.29) is 35.1 Å². The molecule has 0 radical (unpaired) electrons. The van der Waals surface area contributed by atoms with Crippen LogP contribution in [0.1, 0.15) is 103 Å². The predicted molar refractivity (Wildman–Crippen MR) is 315 cm³/mol. The van der Waals surface area contributed by atoms with Crippen molar-refractivity contribution in [1.82, 2.24) is 9.97 Å². The molecular formula is C68H60B2N4O2. The molecule has 0 spiro atoms. The normalized spacial score (nSPS) is 17.8. The number of para-hydroxylation sites is 4. The van der Waals surface area contributed by atoms with Gasteiger partial charge in [-0.1, -0.05) is 171 Å². The lowest BCUT2D eigenvalue weighted by Gasteiger charge is -2.44. The molecule has 370 valence electrons. The van der Waals surface area contributed by atoms with Crippen molar-refractivity contribution in [3.8, 4) is 45.8 Å². The van der Waals surface area contributed by atoms with Crippen LogP contribution in [0.2, 0.25) is 0 Å². The van der Waals surface area contributed by atoms with Gasteiger partial charge in [0.1, 0.15) is 11.5 Å². The second kappa shape index (κ2) is 15.9. The summed E-state index contributed by atoms with van der Waals surface area (Å²) in [6, 6.07) is 62.5. The lowest BCUT2D eigenvalue weighted by atomic mass is 9.31. The average Bonchev–Trinajstić information content (AvgIpc) is 3.44. The molecule has 0 atom stereocenters. The first-order chi connectivity index (χ1) is 36.7. The Hall–Kier alpha value is -7.83. The highest BCUT2D eigenvalue weighted by Gasteiger charge is 2.49. The Labute approximate surface area is 448 Å². The fraction of sp³-hybridized carbons (Fsp3) is 0.235. The van der Waals surface area contributed by atoms with Crippen molar-refractivity contribution in [3.63, 3.8) is 0 Å². The molecule has 0 saturated carbocycles. The molecule has 0 amide bonds. The third kappa shape index (κ3) is 6.49. The summed E-state index contributed by atoms with van der Waals surface area (Å²) < 4.78 is 14.8. The number of benzene rings is 7. The van der Waals surface area contributed by atoms with Gasteiger partial charge in [-0.15, -0.1) is 0 Å². The molecule has 0 N–H and O–H groups in total. The van der Waals surface area contributed by atoms with Crippen LogP contribution in [-0.4, -0.2) is 23.4 Å². The molecule has 0 unspecified atom stereocenters. The highest BCUT2D eigenvalue weighted by Crippen LogP contribution is 2.53. The summed E-state index contributed by atoms with van der Waals surface area (Å²) in [5.74, 6) is 2.76.